The van der Waals surface area contributed by atoms with Gasteiger partial charge in [0.1, 0.15) is 0 Å². The average molecular weight is 392 g/mol. The SMILES string of the molecule is CC(=O)n1cc(C(=O)Nc2cccc(Br)c2)c2ccc(Cl)cc21. The van der Waals surface area contributed by atoms with Crippen LogP contribution in [0, 0.1) is 0 Å². The Morgan fingerprint density at radius 2 is 1.96 bits per heavy atom. The molecule has 23 heavy (non-hydrogen) atoms. The first-order chi connectivity index (χ1) is 11.0. The summed E-state index contributed by atoms with van der Waals surface area (Å²) in [6, 6.07) is 12.4. The van der Waals surface area contributed by atoms with Crippen LogP contribution in [0.2, 0.25) is 5.02 Å². The molecule has 0 aliphatic rings. The molecule has 2 aromatic carbocycles. The quantitative estimate of drug-likeness (QED) is 0.670. The number of hydrogen-bond donors (Lipinski definition) is 1. The van der Waals surface area contributed by atoms with Gasteiger partial charge in [0.2, 0.25) is 5.91 Å². The van der Waals surface area contributed by atoms with Crippen molar-refractivity contribution in [3.8, 4) is 0 Å². The number of nitrogens with zero attached hydrogens (tertiary/aromatic N) is 1. The van der Waals surface area contributed by atoms with Gasteiger partial charge in [-0.2, -0.15) is 0 Å². The summed E-state index contributed by atoms with van der Waals surface area (Å²) in [5, 5.41) is 4.02. The summed E-state index contributed by atoms with van der Waals surface area (Å²) < 4.78 is 2.30. The summed E-state index contributed by atoms with van der Waals surface area (Å²) in [5.74, 6) is -0.464. The average Bonchev–Trinajstić information content (AvgIpc) is 2.86. The van der Waals surface area contributed by atoms with Crippen molar-refractivity contribution in [1.82, 2.24) is 4.57 Å². The Kier molecular flexibility index (Phi) is 4.24. The third-order valence-electron chi connectivity index (χ3n) is 3.43. The van der Waals surface area contributed by atoms with E-state index in [1.165, 1.54) is 17.7 Å². The van der Waals surface area contributed by atoms with Crippen molar-refractivity contribution in [1.29, 1.82) is 0 Å². The predicted molar refractivity (Wildman–Crippen MR) is 95.3 cm³/mol. The van der Waals surface area contributed by atoms with Crippen LogP contribution >= 0.6 is 27.5 Å². The maximum absolute atomic E-state index is 12.6. The van der Waals surface area contributed by atoms with E-state index in [4.69, 9.17) is 11.6 Å². The number of hydrogen-bond acceptors (Lipinski definition) is 2. The largest absolute Gasteiger partial charge is 0.322 e. The summed E-state index contributed by atoms with van der Waals surface area (Å²) in [6.07, 6.45) is 1.54. The first-order valence-electron chi connectivity index (χ1n) is 6.84. The lowest BCUT2D eigenvalue weighted by atomic mass is 10.1. The summed E-state index contributed by atoms with van der Waals surface area (Å²) in [5.41, 5.74) is 1.71. The lowest BCUT2D eigenvalue weighted by molar-refractivity contribution is 0.0941. The highest BCUT2D eigenvalue weighted by Gasteiger charge is 2.17. The van der Waals surface area contributed by atoms with E-state index >= 15 is 0 Å². The van der Waals surface area contributed by atoms with Gasteiger partial charge in [0, 0.05) is 33.7 Å². The number of rotatable bonds is 2. The molecule has 0 aliphatic heterocycles. The van der Waals surface area contributed by atoms with E-state index in [0.717, 1.165) is 4.47 Å². The summed E-state index contributed by atoms with van der Waals surface area (Å²) in [6.45, 7) is 1.44. The Morgan fingerprint density at radius 3 is 2.65 bits per heavy atom. The van der Waals surface area contributed by atoms with Crippen LogP contribution in [0.25, 0.3) is 10.9 Å². The molecule has 6 heteroatoms. The Labute approximate surface area is 146 Å². The molecule has 1 aromatic heterocycles. The highest BCUT2D eigenvalue weighted by atomic mass is 79.9. The first-order valence-corrected chi connectivity index (χ1v) is 8.01. The summed E-state index contributed by atoms with van der Waals surface area (Å²) in [7, 11) is 0. The number of benzene rings is 2. The van der Waals surface area contributed by atoms with Crippen molar-refractivity contribution in [2.24, 2.45) is 0 Å². The maximum Gasteiger partial charge on any atom is 0.257 e. The van der Waals surface area contributed by atoms with E-state index in [2.05, 4.69) is 21.2 Å². The van der Waals surface area contributed by atoms with Crippen molar-refractivity contribution in [3.63, 3.8) is 0 Å². The van der Waals surface area contributed by atoms with Gasteiger partial charge in [0.15, 0.2) is 0 Å². The third-order valence-corrected chi connectivity index (χ3v) is 4.16. The highest BCUT2D eigenvalue weighted by molar-refractivity contribution is 9.10. The summed E-state index contributed by atoms with van der Waals surface area (Å²) in [4.78, 5) is 24.4. The zero-order valence-corrected chi connectivity index (χ0v) is 14.5. The molecule has 0 bridgehead atoms. The second-order valence-electron chi connectivity index (χ2n) is 5.06. The van der Waals surface area contributed by atoms with E-state index in [1.807, 2.05) is 12.1 Å². The maximum atomic E-state index is 12.6. The van der Waals surface area contributed by atoms with Crippen LogP contribution in [-0.4, -0.2) is 16.4 Å². The molecule has 0 aliphatic carbocycles. The molecule has 0 atom stereocenters. The van der Waals surface area contributed by atoms with Crippen LogP contribution in [0.5, 0.6) is 0 Å². The summed E-state index contributed by atoms with van der Waals surface area (Å²) >= 11 is 9.37. The minimum absolute atomic E-state index is 0.182. The molecule has 0 radical (unpaired) electrons. The molecule has 0 spiro atoms. The van der Waals surface area contributed by atoms with Crippen molar-refractivity contribution < 1.29 is 9.59 Å². The number of aromatic nitrogens is 1. The van der Waals surface area contributed by atoms with Crippen LogP contribution in [-0.2, 0) is 0 Å². The molecule has 1 N–H and O–H groups in total. The van der Waals surface area contributed by atoms with Gasteiger partial charge in [-0.1, -0.05) is 39.7 Å². The molecule has 116 valence electrons. The standard InChI is InChI=1S/C17H12BrClN2O2/c1-10(22)21-9-15(14-6-5-12(19)8-16(14)21)17(23)20-13-4-2-3-11(18)7-13/h2-9H,1H3,(H,20,23). The number of amides is 1. The van der Waals surface area contributed by atoms with Crippen LogP contribution in [0.1, 0.15) is 22.1 Å². The third kappa shape index (κ3) is 3.16. The van der Waals surface area contributed by atoms with E-state index < -0.39 is 0 Å². The number of anilines is 1. The van der Waals surface area contributed by atoms with Crippen LogP contribution in [0.15, 0.2) is 53.1 Å². The van der Waals surface area contributed by atoms with E-state index in [-0.39, 0.29) is 11.8 Å². The van der Waals surface area contributed by atoms with Crippen LogP contribution < -0.4 is 5.32 Å². The Balaban J connectivity index is 2.05. The van der Waals surface area contributed by atoms with Gasteiger partial charge in [-0.15, -0.1) is 0 Å². The number of nitrogens with one attached hydrogen (secondary N) is 1. The highest BCUT2D eigenvalue weighted by Crippen LogP contribution is 2.26. The number of fused-ring (bicyclic) bond motifs is 1. The topological polar surface area (TPSA) is 51.1 Å². The molecular formula is C17H12BrClN2O2. The smallest absolute Gasteiger partial charge is 0.257 e. The molecule has 0 saturated heterocycles. The van der Waals surface area contributed by atoms with Gasteiger partial charge in [-0.05, 0) is 30.3 Å². The fourth-order valence-corrected chi connectivity index (χ4v) is 2.97. The van der Waals surface area contributed by atoms with E-state index in [1.54, 1.807) is 30.3 Å². The number of carbonyl (C=O) groups excluding carboxylic acids is 2. The molecule has 3 rings (SSSR count). The van der Waals surface area contributed by atoms with E-state index in [9.17, 15) is 9.59 Å². The molecule has 4 nitrogen and oxygen atoms in total. The lowest BCUT2D eigenvalue weighted by Gasteiger charge is -2.04. The lowest BCUT2D eigenvalue weighted by Crippen LogP contribution is -2.11. The minimum atomic E-state index is -0.282. The molecule has 3 aromatic rings. The monoisotopic (exact) mass is 390 g/mol. The number of halogens is 2. The van der Waals surface area contributed by atoms with Gasteiger partial charge < -0.3 is 5.32 Å². The van der Waals surface area contributed by atoms with Gasteiger partial charge in [-0.3, -0.25) is 14.2 Å². The first kappa shape index (κ1) is 15.8. The van der Waals surface area contributed by atoms with Crippen molar-refractivity contribution in [2.75, 3.05) is 5.32 Å². The zero-order valence-electron chi connectivity index (χ0n) is 12.1. The normalized spacial score (nSPS) is 10.7. The molecule has 0 fully saturated rings. The van der Waals surface area contributed by atoms with Crippen molar-refractivity contribution >= 4 is 55.9 Å². The molecule has 1 amide bonds. The molecule has 0 saturated carbocycles. The second kappa shape index (κ2) is 6.18. The van der Waals surface area contributed by atoms with Crippen LogP contribution in [0.4, 0.5) is 5.69 Å². The van der Waals surface area contributed by atoms with Gasteiger partial charge in [0.25, 0.3) is 5.91 Å². The Bertz CT molecular complexity index is 933. The predicted octanol–water partition coefficient (Wildman–Crippen LogP) is 4.97. The second-order valence-corrected chi connectivity index (χ2v) is 6.41. The molecule has 0 unspecified atom stereocenters. The Hall–Kier alpha value is -2.11. The van der Waals surface area contributed by atoms with Gasteiger partial charge in [-0.25, -0.2) is 0 Å². The number of carbonyl (C=O) groups is 2. The van der Waals surface area contributed by atoms with Gasteiger partial charge >= 0.3 is 0 Å². The van der Waals surface area contributed by atoms with Gasteiger partial charge in [0.05, 0.1) is 11.1 Å². The minimum Gasteiger partial charge on any atom is -0.322 e. The van der Waals surface area contributed by atoms with Crippen molar-refractivity contribution in [2.45, 2.75) is 6.92 Å². The van der Waals surface area contributed by atoms with E-state index in [0.29, 0.717) is 27.2 Å². The van der Waals surface area contributed by atoms with Crippen LogP contribution in [0.3, 0.4) is 0 Å². The molecular weight excluding hydrogens is 380 g/mol. The molecule has 1 heterocycles. The fraction of sp³-hybridized carbons (Fsp3) is 0.0588. The Morgan fingerprint density at radius 1 is 1.17 bits per heavy atom. The fourth-order valence-electron chi connectivity index (χ4n) is 2.41. The zero-order chi connectivity index (χ0) is 16.6. The van der Waals surface area contributed by atoms with Crippen molar-refractivity contribution in [3.05, 3.63) is 63.7 Å².